The SMILES string of the molecule is COc1cc(OC(=O)c2ccccc2F)ccc1-c1ccc2c(c1COc1cc(F)ccc1C)C(C)=CC(C)(C)N2. The molecule has 5 nitrogen and oxygen atoms in total. The molecule has 41 heavy (non-hydrogen) atoms. The second kappa shape index (κ2) is 11.1. The normalized spacial score (nSPS) is 13.5. The lowest BCUT2D eigenvalue weighted by atomic mass is 9.85. The smallest absolute Gasteiger partial charge is 0.346 e. The Balaban J connectivity index is 1.56. The Kier molecular flexibility index (Phi) is 7.54. The number of halogens is 2. The first-order chi connectivity index (χ1) is 19.6. The molecule has 5 rings (SSSR count). The summed E-state index contributed by atoms with van der Waals surface area (Å²) in [6.07, 6.45) is 2.17. The highest BCUT2D eigenvalue weighted by Crippen LogP contribution is 2.43. The van der Waals surface area contributed by atoms with E-state index in [1.165, 1.54) is 37.4 Å². The molecule has 1 aliphatic heterocycles. The van der Waals surface area contributed by atoms with Crippen molar-refractivity contribution in [2.24, 2.45) is 0 Å². The molecule has 0 fully saturated rings. The van der Waals surface area contributed by atoms with Crippen LogP contribution in [0.3, 0.4) is 0 Å². The molecular formula is C34H31F2NO4. The molecule has 0 aromatic heterocycles. The highest BCUT2D eigenvalue weighted by molar-refractivity contribution is 5.92. The molecule has 7 heteroatoms. The molecule has 4 aromatic rings. The van der Waals surface area contributed by atoms with Crippen LogP contribution >= 0.6 is 0 Å². The van der Waals surface area contributed by atoms with Gasteiger partial charge in [0.2, 0.25) is 0 Å². The van der Waals surface area contributed by atoms with E-state index < -0.39 is 11.8 Å². The van der Waals surface area contributed by atoms with Gasteiger partial charge in [0.05, 0.1) is 18.2 Å². The minimum absolute atomic E-state index is 0.157. The molecule has 0 unspecified atom stereocenters. The molecule has 0 aliphatic carbocycles. The van der Waals surface area contributed by atoms with E-state index in [1.807, 2.05) is 19.1 Å². The van der Waals surface area contributed by atoms with E-state index in [0.717, 1.165) is 39.1 Å². The molecule has 0 saturated carbocycles. The van der Waals surface area contributed by atoms with Gasteiger partial charge in [-0.25, -0.2) is 13.6 Å². The zero-order valence-electron chi connectivity index (χ0n) is 23.6. The van der Waals surface area contributed by atoms with Gasteiger partial charge in [-0.1, -0.05) is 30.3 Å². The molecule has 0 radical (unpaired) electrons. The third-order valence-electron chi connectivity index (χ3n) is 7.03. The van der Waals surface area contributed by atoms with Gasteiger partial charge >= 0.3 is 5.97 Å². The number of allylic oxidation sites excluding steroid dienone is 1. The number of fused-ring (bicyclic) bond motifs is 1. The summed E-state index contributed by atoms with van der Waals surface area (Å²) in [5.41, 5.74) is 5.93. The molecule has 1 aliphatic rings. The number of methoxy groups -OCH3 is 1. The first-order valence-corrected chi connectivity index (χ1v) is 13.2. The highest BCUT2D eigenvalue weighted by Gasteiger charge is 2.27. The van der Waals surface area contributed by atoms with E-state index in [1.54, 1.807) is 30.3 Å². The Labute approximate surface area is 238 Å². The van der Waals surface area contributed by atoms with Crippen molar-refractivity contribution in [2.75, 3.05) is 12.4 Å². The molecular weight excluding hydrogens is 524 g/mol. The number of carbonyl (C=O) groups is 1. The maximum atomic E-state index is 14.1. The minimum atomic E-state index is -0.805. The third-order valence-corrected chi connectivity index (χ3v) is 7.03. The molecule has 0 bridgehead atoms. The zero-order chi connectivity index (χ0) is 29.3. The van der Waals surface area contributed by atoms with E-state index in [9.17, 15) is 13.6 Å². The van der Waals surface area contributed by atoms with Crippen LogP contribution in [0.1, 0.15) is 47.8 Å². The van der Waals surface area contributed by atoms with Gasteiger partial charge in [-0.3, -0.25) is 0 Å². The fourth-order valence-electron chi connectivity index (χ4n) is 5.23. The number of benzene rings is 4. The fourth-order valence-corrected chi connectivity index (χ4v) is 5.23. The molecule has 0 atom stereocenters. The summed E-state index contributed by atoms with van der Waals surface area (Å²) in [7, 11) is 1.53. The van der Waals surface area contributed by atoms with E-state index in [4.69, 9.17) is 14.2 Å². The quantitative estimate of drug-likeness (QED) is 0.183. The fraction of sp³-hybridized carbons (Fsp3) is 0.206. The summed E-state index contributed by atoms with van der Waals surface area (Å²) < 4.78 is 45.5. The zero-order valence-corrected chi connectivity index (χ0v) is 23.6. The maximum absolute atomic E-state index is 14.1. The van der Waals surface area contributed by atoms with Crippen LogP contribution in [-0.2, 0) is 6.61 Å². The summed E-state index contributed by atoms with van der Waals surface area (Å²) in [5, 5.41) is 3.57. The van der Waals surface area contributed by atoms with Gasteiger partial charge in [0.1, 0.15) is 35.5 Å². The Hall–Kier alpha value is -4.65. The van der Waals surface area contributed by atoms with Gasteiger partial charge in [-0.15, -0.1) is 0 Å². The van der Waals surface area contributed by atoms with Crippen molar-refractivity contribution in [1.29, 1.82) is 0 Å². The first-order valence-electron chi connectivity index (χ1n) is 13.2. The number of rotatable bonds is 7. The molecule has 4 aromatic carbocycles. The number of anilines is 1. The summed E-state index contributed by atoms with van der Waals surface area (Å²) in [5.74, 6) is -0.708. The van der Waals surface area contributed by atoms with Crippen LogP contribution < -0.4 is 19.5 Å². The van der Waals surface area contributed by atoms with Gasteiger partial charge in [-0.05, 0) is 80.8 Å². The molecule has 210 valence electrons. The summed E-state index contributed by atoms with van der Waals surface area (Å²) in [6.45, 7) is 8.30. The van der Waals surface area contributed by atoms with Crippen LogP contribution in [0.15, 0.2) is 78.9 Å². The number of esters is 1. The van der Waals surface area contributed by atoms with Crippen molar-refractivity contribution < 1.29 is 27.8 Å². The van der Waals surface area contributed by atoms with Crippen LogP contribution in [0.5, 0.6) is 17.2 Å². The van der Waals surface area contributed by atoms with Crippen molar-refractivity contribution in [1.82, 2.24) is 0 Å². The largest absolute Gasteiger partial charge is 0.496 e. The Bertz CT molecular complexity index is 1680. The standard InChI is InChI=1S/C34H31F2NO4/c1-20-10-11-22(35)16-30(20)40-19-27-24(14-15-29-32(27)21(2)18-34(3,4)37-29)25-13-12-23(17-31(25)39-5)41-33(38)26-8-6-7-9-28(26)36/h6-18,37H,19H2,1-5H3. The second-order valence-electron chi connectivity index (χ2n) is 10.6. The Morgan fingerprint density at radius 1 is 0.902 bits per heavy atom. The van der Waals surface area contributed by atoms with Crippen LogP contribution in [-0.4, -0.2) is 18.6 Å². The minimum Gasteiger partial charge on any atom is -0.496 e. The van der Waals surface area contributed by atoms with E-state index in [0.29, 0.717) is 11.5 Å². The van der Waals surface area contributed by atoms with Crippen molar-refractivity contribution in [3.05, 3.63) is 113 Å². The van der Waals surface area contributed by atoms with E-state index in [2.05, 4.69) is 32.2 Å². The van der Waals surface area contributed by atoms with Crippen molar-refractivity contribution in [2.45, 2.75) is 39.8 Å². The topological polar surface area (TPSA) is 56.8 Å². The predicted molar refractivity (Wildman–Crippen MR) is 157 cm³/mol. The number of hydrogen-bond acceptors (Lipinski definition) is 5. The number of aryl methyl sites for hydroxylation is 1. The molecule has 0 amide bonds. The summed E-state index contributed by atoms with van der Waals surface area (Å²) in [6, 6.07) is 19.2. The van der Waals surface area contributed by atoms with Gasteiger partial charge in [0.15, 0.2) is 0 Å². The van der Waals surface area contributed by atoms with Crippen LogP contribution in [0.25, 0.3) is 16.7 Å². The average Bonchev–Trinajstić information content (AvgIpc) is 2.92. The molecule has 1 N–H and O–H groups in total. The Morgan fingerprint density at radius 3 is 2.41 bits per heavy atom. The molecule has 0 spiro atoms. The summed E-state index contributed by atoms with van der Waals surface area (Å²) in [4.78, 5) is 12.6. The molecule has 1 heterocycles. The van der Waals surface area contributed by atoms with Crippen LogP contribution in [0.4, 0.5) is 14.5 Å². The average molecular weight is 556 g/mol. The monoisotopic (exact) mass is 555 g/mol. The maximum Gasteiger partial charge on any atom is 0.346 e. The first kappa shape index (κ1) is 27.9. The third kappa shape index (κ3) is 5.80. The Morgan fingerprint density at radius 2 is 1.66 bits per heavy atom. The predicted octanol–water partition coefficient (Wildman–Crippen LogP) is 8.35. The lowest BCUT2D eigenvalue weighted by Crippen LogP contribution is -2.32. The van der Waals surface area contributed by atoms with E-state index >= 15 is 0 Å². The van der Waals surface area contributed by atoms with Crippen molar-refractivity contribution in [3.63, 3.8) is 0 Å². The lowest BCUT2D eigenvalue weighted by Gasteiger charge is -2.33. The number of carbonyl (C=O) groups excluding carboxylic acids is 1. The highest BCUT2D eigenvalue weighted by atomic mass is 19.1. The lowest BCUT2D eigenvalue weighted by molar-refractivity contribution is 0.0729. The van der Waals surface area contributed by atoms with Gasteiger partial charge in [-0.2, -0.15) is 0 Å². The van der Waals surface area contributed by atoms with Crippen molar-refractivity contribution in [3.8, 4) is 28.4 Å². The summed E-state index contributed by atoms with van der Waals surface area (Å²) >= 11 is 0. The van der Waals surface area contributed by atoms with Gasteiger partial charge in [0.25, 0.3) is 0 Å². The van der Waals surface area contributed by atoms with Gasteiger partial charge < -0.3 is 19.5 Å². The number of ether oxygens (including phenoxy) is 3. The number of hydrogen-bond donors (Lipinski definition) is 1. The number of nitrogens with one attached hydrogen (secondary N) is 1. The van der Waals surface area contributed by atoms with Crippen LogP contribution in [0.2, 0.25) is 0 Å². The van der Waals surface area contributed by atoms with E-state index in [-0.39, 0.29) is 29.3 Å². The van der Waals surface area contributed by atoms with Gasteiger partial charge in [0, 0.05) is 34.5 Å². The second-order valence-corrected chi connectivity index (χ2v) is 10.6. The van der Waals surface area contributed by atoms with Crippen LogP contribution in [0, 0.1) is 18.6 Å². The van der Waals surface area contributed by atoms with Crippen molar-refractivity contribution >= 4 is 17.2 Å². The molecule has 0 saturated heterocycles.